The van der Waals surface area contributed by atoms with Gasteiger partial charge in [0.2, 0.25) is 0 Å². The van der Waals surface area contributed by atoms with Crippen molar-refractivity contribution in [2.45, 2.75) is 56.7 Å². The van der Waals surface area contributed by atoms with Crippen molar-refractivity contribution < 1.29 is 23.5 Å². The number of nitriles is 1. The van der Waals surface area contributed by atoms with Crippen LogP contribution in [0.15, 0.2) is 63.3 Å². The quantitative estimate of drug-likeness (QED) is 0.0786. The van der Waals surface area contributed by atoms with Gasteiger partial charge in [0.1, 0.15) is 29.5 Å². The molecular weight excluding hydrogens is 717 g/mol. The number of ether oxygens (including phenoxy) is 2. The number of H-pyrrole nitrogens is 1. The molecule has 14 nitrogen and oxygen atoms in total. The van der Waals surface area contributed by atoms with Crippen LogP contribution in [-0.2, 0) is 9.53 Å². The van der Waals surface area contributed by atoms with Gasteiger partial charge in [-0.1, -0.05) is 23.7 Å². The number of aromatic nitrogens is 2. The Morgan fingerprint density at radius 2 is 1.93 bits per heavy atom. The highest BCUT2D eigenvalue weighted by Gasteiger charge is 2.53. The lowest BCUT2D eigenvalue weighted by Crippen LogP contribution is -2.38. The van der Waals surface area contributed by atoms with Gasteiger partial charge < -0.3 is 25.4 Å². The maximum Gasteiger partial charge on any atom is 0.332 e. The molecule has 278 valence electrons. The Bertz CT molecular complexity index is 2290. The lowest BCUT2D eigenvalue weighted by Gasteiger charge is -2.34. The Labute approximate surface area is 314 Å². The molecule has 3 aromatic carbocycles. The molecule has 0 aliphatic carbocycles. The lowest BCUT2D eigenvalue weighted by molar-refractivity contribution is -0.122. The second-order valence-electron chi connectivity index (χ2n) is 13.2. The molecule has 0 saturated carbocycles. The first-order chi connectivity index (χ1) is 26.2. The van der Waals surface area contributed by atoms with E-state index in [0.29, 0.717) is 65.8 Å². The average molecular weight is 754 g/mol. The van der Waals surface area contributed by atoms with Gasteiger partial charge in [-0.05, 0) is 80.1 Å². The number of urea groups is 1. The predicted molar refractivity (Wildman–Crippen MR) is 202 cm³/mol. The molecule has 4 N–H and O–H groups in total. The first kappa shape index (κ1) is 36.5. The number of unbranched alkanes of at least 4 members (excludes halogenated alkanes) is 2. The van der Waals surface area contributed by atoms with Gasteiger partial charge in [-0.3, -0.25) is 14.6 Å². The fraction of sp³-hybridized carbons (Fsp3) is 0.342. The molecule has 7 rings (SSSR count). The zero-order valence-corrected chi connectivity index (χ0v) is 30.3. The number of benzene rings is 3. The number of hydrogen-bond donors (Lipinski definition) is 3. The van der Waals surface area contributed by atoms with Crippen molar-refractivity contribution in [2.24, 2.45) is 15.7 Å². The highest BCUT2D eigenvalue weighted by Crippen LogP contribution is 2.45. The van der Waals surface area contributed by atoms with Crippen molar-refractivity contribution in [1.29, 1.82) is 5.26 Å². The van der Waals surface area contributed by atoms with Gasteiger partial charge in [0, 0.05) is 31.3 Å². The third-order valence-corrected chi connectivity index (χ3v) is 10.6. The Balaban J connectivity index is 0.922. The van der Waals surface area contributed by atoms with E-state index in [1.54, 1.807) is 24.9 Å². The molecule has 1 aromatic heterocycles. The third kappa shape index (κ3) is 6.52. The monoisotopic (exact) mass is 753 g/mol. The SMILES string of the molecule is CN=C(N=CN)[C@H]1c2n[nH]c(=O)c3cc(F)cc(c23)N[C@@H]1c1ccc(OCCCCCO[C@@H]2CCN3C(=O)N(c4ccc(C#N)c(Cl)c4C)C(=O)[C@H]23)cc1. The number of aliphatic imine (C=N–C) groups is 2. The van der Waals surface area contributed by atoms with E-state index in [1.807, 2.05) is 30.3 Å². The second kappa shape index (κ2) is 15.2. The molecule has 2 saturated heterocycles. The summed E-state index contributed by atoms with van der Waals surface area (Å²) in [6, 6.07) is 13.6. The average Bonchev–Trinajstić information content (AvgIpc) is 3.70. The standard InChI is InChI=1S/C38H37ClFN9O5/c1-20-27(11-8-22(18-41)31(20)39)49-37(51)34-28(12-13-48(34)38(49)52)54-15-5-3-4-14-53-24-9-6-21(7-10-24)32-30(35(43-2)44-19-42)33-29-25(36(50)47-46-33)16-23(40)17-26(29)45-32/h6-11,16-17,19,28,30,32,34,45H,3-5,12-15H2,1-2H3,(H,47,50)(H2,42,43,44)/t28-,30-,32-,34+/m1/s1. The van der Waals surface area contributed by atoms with E-state index >= 15 is 0 Å². The molecule has 3 aliphatic heterocycles. The smallest absolute Gasteiger partial charge is 0.332 e. The van der Waals surface area contributed by atoms with Gasteiger partial charge in [-0.25, -0.2) is 24.2 Å². The summed E-state index contributed by atoms with van der Waals surface area (Å²) in [4.78, 5) is 50.5. The van der Waals surface area contributed by atoms with Crippen molar-refractivity contribution in [3.05, 3.63) is 92.1 Å². The Morgan fingerprint density at radius 1 is 1.15 bits per heavy atom. The fourth-order valence-corrected chi connectivity index (χ4v) is 7.74. The van der Waals surface area contributed by atoms with Gasteiger partial charge in [0.25, 0.3) is 11.5 Å². The number of carbonyl (C=O) groups excluding carboxylic acids is 2. The summed E-state index contributed by atoms with van der Waals surface area (Å²) in [5.74, 6) is -0.405. The van der Waals surface area contributed by atoms with Crippen molar-refractivity contribution in [2.75, 3.05) is 37.0 Å². The minimum absolute atomic E-state index is 0.174. The van der Waals surface area contributed by atoms with Crippen LogP contribution in [0.5, 0.6) is 5.75 Å². The summed E-state index contributed by atoms with van der Waals surface area (Å²) in [6.07, 6.45) is 3.65. The normalized spacial score (nSPS) is 20.8. The number of halogens is 2. The number of nitrogens with two attached hydrogens (primary N) is 1. The van der Waals surface area contributed by atoms with Crippen LogP contribution < -0.4 is 26.2 Å². The maximum atomic E-state index is 14.6. The van der Waals surface area contributed by atoms with Crippen LogP contribution in [0.1, 0.15) is 60.0 Å². The molecule has 4 atom stereocenters. The van der Waals surface area contributed by atoms with Crippen LogP contribution in [-0.4, -0.2) is 78.2 Å². The number of nitrogens with one attached hydrogen (secondary N) is 2. The van der Waals surface area contributed by atoms with E-state index in [1.165, 1.54) is 18.2 Å². The first-order valence-electron chi connectivity index (χ1n) is 17.5. The molecular formula is C38H37ClFN9O5. The van der Waals surface area contributed by atoms with Crippen molar-refractivity contribution in [1.82, 2.24) is 15.1 Å². The first-order valence-corrected chi connectivity index (χ1v) is 17.9. The third-order valence-electron chi connectivity index (χ3n) is 10.1. The Morgan fingerprint density at radius 3 is 2.67 bits per heavy atom. The number of imide groups is 1. The molecule has 0 radical (unpaired) electrons. The summed E-state index contributed by atoms with van der Waals surface area (Å²) in [7, 11) is 1.59. The molecule has 0 bridgehead atoms. The van der Waals surface area contributed by atoms with E-state index < -0.39 is 41.5 Å². The molecule has 54 heavy (non-hydrogen) atoms. The van der Waals surface area contributed by atoms with Gasteiger partial charge >= 0.3 is 6.03 Å². The number of amides is 3. The number of amidine groups is 1. The van der Waals surface area contributed by atoms with E-state index in [-0.39, 0.29) is 21.9 Å². The van der Waals surface area contributed by atoms with Crippen LogP contribution in [0.2, 0.25) is 5.02 Å². The van der Waals surface area contributed by atoms with Crippen LogP contribution in [0.3, 0.4) is 0 Å². The number of hydrogen-bond acceptors (Lipinski definition) is 9. The number of anilines is 2. The summed E-state index contributed by atoms with van der Waals surface area (Å²) in [5.41, 5.74) is 8.07. The molecule has 3 amide bonds. The summed E-state index contributed by atoms with van der Waals surface area (Å²) >= 11 is 6.32. The molecule has 3 aliphatic rings. The summed E-state index contributed by atoms with van der Waals surface area (Å²) < 4.78 is 26.7. The highest BCUT2D eigenvalue weighted by molar-refractivity contribution is 6.33. The van der Waals surface area contributed by atoms with Gasteiger partial charge in [0.15, 0.2) is 0 Å². The Kier molecular flexibility index (Phi) is 10.3. The van der Waals surface area contributed by atoms with E-state index in [0.717, 1.165) is 36.1 Å². The van der Waals surface area contributed by atoms with Crippen LogP contribution >= 0.6 is 11.6 Å². The summed E-state index contributed by atoms with van der Waals surface area (Å²) in [5, 5.41) is 20.4. The van der Waals surface area contributed by atoms with E-state index in [4.69, 9.17) is 26.8 Å². The second-order valence-corrected chi connectivity index (χ2v) is 13.6. The molecule has 0 unspecified atom stereocenters. The lowest BCUT2D eigenvalue weighted by atomic mass is 9.83. The van der Waals surface area contributed by atoms with Crippen molar-refractivity contribution in [3.63, 3.8) is 0 Å². The van der Waals surface area contributed by atoms with E-state index in [2.05, 4.69) is 25.5 Å². The molecule has 0 spiro atoms. The van der Waals surface area contributed by atoms with Crippen LogP contribution in [0.4, 0.5) is 20.6 Å². The van der Waals surface area contributed by atoms with Gasteiger partial charge in [-0.2, -0.15) is 10.4 Å². The van der Waals surface area contributed by atoms with Crippen molar-refractivity contribution >= 4 is 57.9 Å². The maximum absolute atomic E-state index is 14.6. The Hall–Kier alpha value is -5.85. The molecule has 4 aromatic rings. The predicted octanol–water partition coefficient (Wildman–Crippen LogP) is 5.34. The van der Waals surface area contributed by atoms with Crippen molar-refractivity contribution in [3.8, 4) is 11.8 Å². The molecule has 2 fully saturated rings. The molecule has 4 heterocycles. The van der Waals surface area contributed by atoms with Crippen LogP contribution in [0, 0.1) is 24.1 Å². The zero-order valence-electron chi connectivity index (χ0n) is 29.5. The number of aromatic amines is 1. The number of fused-ring (bicyclic) bond motifs is 1. The fourth-order valence-electron chi connectivity index (χ4n) is 7.54. The largest absolute Gasteiger partial charge is 0.494 e. The molecule has 16 heteroatoms. The topological polar surface area (TPSA) is 191 Å². The summed E-state index contributed by atoms with van der Waals surface area (Å²) in [6.45, 7) is 3.01. The van der Waals surface area contributed by atoms with Crippen LogP contribution in [0.25, 0.3) is 10.8 Å². The van der Waals surface area contributed by atoms with E-state index in [9.17, 15) is 24.0 Å². The van der Waals surface area contributed by atoms with Gasteiger partial charge in [-0.15, -0.1) is 0 Å². The number of rotatable bonds is 11. The zero-order chi connectivity index (χ0) is 38.1. The number of nitrogens with zero attached hydrogens (tertiary/aromatic N) is 6. The minimum Gasteiger partial charge on any atom is -0.494 e. The number of carbonyl (C=O) groups is 2. The highest BCUT2D eigenvalue weighted by atomic mass is 35.5. The van der Waals surface area contributed by atoms with Gasteiger partial charge in [0.05, 0.1) is 58.4 Å². The minimum atomic E-state index is -0.698.